The first-order chi connectivity index (χ1) is 16.6. The van der Waals surface area contributed by atoms with Gasteiger partial charge in [0.15, 0.2) is 5.76 Å². The molecule has 0 spiro atoms. The largest absolute Gasteiger partial charge is 0.497 e. The molecule has 0 fully saturated rings. The summed E-state index contributed by atoms with van der Waals surface area (Å²) in [5.41, 5.74) is 1.72. The lowest BCUT2D eigenvalue weighted by Crippen LogP contribution is -2.12. The van der Waals surface area contributed by atoms with Gasteiger partial charge in [-0.25, -0.2) is 8.42 Å². The molecule has 4 rings (SSSR count). The Morgan fingerprint density at radius 3 is 2.40 bits per heavy atom. The van der Waals surface area contributed by atoms with Crippen molar-refractivity contribution in [2.75, 3.05) is 12.4 Å². The molecule has 0 aliphatic rings. The normalized spacial score (nSPS) is 11.5. The zero-order valence-corrected chi connectivity index (χ0v) is 21.3. The number of methoxy groups -OCH3 is 1. The molecular weight excluding hydrogens is 513 g/mol. The number of furan rings is 1. The van der Waals surface area contributed by atoms with E-state index in [1.165, 1.54) is 55.6 Å². The van der Waals surface area contributed by atoms with Crippen LogP contribution in [0.15, 0.2) is 68.8 Å². The number of hydrogen-bond donors (Lipinski definition) is 1. The van der Waals surface area contributed by atoms with E-state index in [1.807, 2.05) is 13.8 Å². The first-order valence-corrected chi connectivity index (χ1v) is 12.6. The molecule has 0 saturated heterocycles. The number of nitrogens with one attached hydrogen (secondary N) is 1. The summed E-state index contributed by atoms with van der Waals surface area (Å²) in [5.74, 6) is 0.272. The summed E-state index contributed by atoms with van der Waals surface area (Å²) in [4.78, 5) is 12.8. The molecule has 8 nitrogen and oxygen atoms in total. The predicted molar refractivity (Wildman–Crippen MR) is 132 cm³/mol. The van der Waals surface area contributed by atoms with Gasteiger partial charge < -0.3 is 14.5 Å². The van der Waals surface area contributed by atoms with Gasteiger partial charge >= 0.3 is 0 Å². The Labute approximate surface area is 212 Å². The van der Waals surface area contributed by atoms with Gasteiger partial charge in [-0.15, -0.1) is 0 Å². The highest BCUT2D eigenvalue weighted by molar-refractivity contribution is 7.91. The fourth-order valence-corrected chi connectivity index (χ4v) is 5.00. The predicted octanol–water partition coefficient (Wildman–Crippen LogP) is 5.54. The molecule has 0 bridgehead atoms. The van der Waals surface area contributed by atoms with Crippen molar-refractivity contribution in [3.05, 3.63) is 87.6 Å². The Morgan fingerprint density at radius 1 is 1.06 bits per heavy atom. The number of sulfone groups is 1. The van der Waals surface area contributed by atoms with Crippen LogP contribution in [-0.4, -0.2) is 31.2 Å². The summed E-state index contributed by atoms with van der Waals surface area (Å²) in [6.45, 7) is 3.95. The maximum absolute atomic E-state index is 13.1. The third-order valence-electron chi connectivity index (χ3n) is 5.29. The third kappa shape index (κ3) is 5.22. The molecule has 4 aromatic rings. The zero-order valence-electron chi connectivity index (χ0n) is 19.0. The number of nitrogens with zero attached hydrogens (tertiary/aromatic N) is 2. The standard InChI is InChI=1S/C24H21Cl2N3O5S/c1-14-23(26)15(2)29(28-14)13-18-6-9-22(34-18)24(30)27-17-10-19(33-3)12-21(11-17)35(31,32)20-7-4-16(25)5-8-20/h4-12H,13H2,1-3H3,(H,27,30). The topological polar surface area (TPSA) is 103 Å². The minimum atomic E-state index is -3.88. The molecule has 0 aliphatic heterocycles. The number of aryl methyl sites for hydroxylation is 1. The summed E-state index contributed by atoms with van der Waals surface area (Å²) < 4.78 is 38.8. The number of anilines is 1. The molecule has 0 unspecified atom stereocenters. The monoisotopic (exact) mass is 533 g/mol. The molecule has 2 aromatic heterocycles. The molecule has 35 heavy (non-hydrogen) atoms. The highest BCUT2D eigenvalue weighted by atomic mass is 35.5. The number of rotatable bonds is 7. The second-order valence-corrected chi connectivity index (χ2v) is 10.5. The van der Waals surface area contributed by atoms with E-state index in [2.05, 4.69) is 10.4 Å². The smallest absolute Gasteiger partial charge is 0.291 e. The molecule has 182 valence electrons. The van der Waals surface area contributed by atoms with Gasteiger partial charge in [0.2, 0.25) is 9.84 Å². The molecule has 2 heterocycles. The van der Waals surface area contributed by atoms with Crippen LogP contribution in [0.5, 0.6) is 5.75 Å². The summed E-state index contributed by atoms with van der Waals surface area (Å²) >= 11 is 12.1. The third-order valence-corrected chi connectivity index (χ3v) is 7.84. The van der Waals surface area contributed by atoms with Gasteiger partial charge in [0.1, 0.15) is 11.5 Å². The van der Waals surface area contributed by atoms with E-state index in [1.54, 1.807) is 10.7 Å². The Morgan fingerprint density at radius 2 is 1.77 bits per heavy atom. The summed E-state index contributed by atoms with van der Waals surface area (Å²) in [5, 5.41) is 8.02. The average molecular weight is 534 g/mol. The Bertz CT molecular complexity index is 1510. The average Bonchev–Trinajstić information content (AvgIpc) is 3.40. The van der Waals surface area contributed by atoms with Gasteiger partial charge in [0.05, 0.1) is 39.9 Å². The number of benzene rings is 2. The summed E-state index contributed by atoms with van der Waals surface area (Å²) in [7, 11) is -2.47. The van der Waals surface area contributed by atoms with Gasteiger partial charge in [-0.3, -0.25) is 9.48 Å². The van der Waals surface area contributed by atoms with Crippen molar-refractivity contribution in [3.63, 3.8) is 0 Å². The van der Waals surface area contributed by atoms with Crippen LogP contribution in [0.1, 0.15) is 27.7 Å². The lowest BCUT2D eigenvalue weighted by atomic mass is 10.3. The van der Waals surface area contributed by atoms with Gasteiger partial charge in [0.25, 0.3) is 5.91 Å². The number of carbonyl (C=O) groups is 1. The van der Waals surface area contributed by atoms with E-state index in [4.69, 9.17) is 32.4 Å². The lowest BCUT2D eigenvalue weighted by Gasteiger charge is -2.11. The zero-order chi connectivity index (χ0) is 25.3. The maximum Gasteiger partial charge on any atom is 0.291 e. The highest BCUT2D eigenvalue weighted by Gasteiger charge is 2.21. The fraction of sp³-hybridized carbons (Fsp3) is 0.167. The van der Waals surface area contributed by atoms with Crippen molar-refractivity contribution < 1.29 is 22.4 Å². The van der Waals surface area contributed by atoms with E-state index in [-0.39, 0.29) is 27.0 Å². The maximum atomic E-state index is 13.1. The van der Waals surface area contributed by atoms with E-state index in [9.17, 15) is 13.2 Å². The molecule has 0 atom stereocenters. The number of carbonyl (C=O) groups excluding carboxylic acids is 1. The van der Waals surface area contributed by atoms with E-state index in [0.29, 0.717) is 28.0 Å². The van der Waals surface area contributed by atoms with Crippen LogP contribution in [-0.2, 0) is 16.4 Å². The molecule has 0 saturated carbocycles. The molecule has 0 aliphatic carbocycles. The van der Waals surface area contributed by atoms with Crippen LogP contribution in [0.3, 0.4) is 0 Å². The summed E-state index contributed by atoms with van der Waals surface area (Å²) in [6, 6.07) is 13.3. The molecule has 1 amide bonds. The number of aromatic nitrogens is 2. The van der Waals surface area contributed by atoms with Gasteiger partial charge in [-0.1, -0.05) is 23.2 Å². The SMILES string of the molecule is COc1cc(NC(=O)c2ccc(Cn3nc(C)c(Cl)c3C)o2)cc(S(=O)(=O)c2ccc(Cl)cc2)c1. The molecular formula is C24H21Cl2N3O5S. The van der Waals surface area contributed by atoms with Gasteiger partial charge in [0, 0.05) is 16.8 Å². The number of hydrogen-bond acceptors (Lipinski definition) is 6. The molecule has 2 aromatic carbocycles. The minimum absolute atomic E-state index is 0.0454. The second kappa shape index (κ2) is 9.77. The lowest BCUT2D eigenvalue weighted by molar-refractivity contribution is 0.0994. The Kier molecular flexibility index (Phi) is 6.93. The van der Waals surface area contributed by atoms with Crippen molar-refractivity contribution in [1.29, 1.82) is 0 Å². The van der Waals surface area contributed by atoms with Crippen molar-refractivity contribution >= 4 is 44.6 Å². The van der Waals surface area contributed by atoms with Crippen LogP contribution in [0, 0.1) is 13.8 Å². The molecule has 0 radical (unpaired) electrons. The first-order valence-electron chi connectivity index (χ1n) is 10.4. The van der Waals surface area contributed by atoms with Crippen molar-refractivity contribution in [1.82, 2.24) is 9.78 Å². The van der Waals surface area contributed by atoms with Gasteiger partial charge in [-0.05, 0) is 62.4 Å². The fourth-order valence-electron chi connectivity index (χ4n) is 3.42. The Balaban J connectivity index is 1.57. The van der Waals surface area contributed by atoms with E-state index >= 15 is 0 Å². The van der Waals surface area contributed by atoms with Crippen LogP contribution >= 0.6 is 23.2 Å². The van der Waals surface area contributed by atoms with E-state index < -0.39 is 15.7 Å². The van der Waals surface area contributed by atoms with Crippen molar-refractivity contribution in [3.8, 4) is 5.75 Å². The van der Waals surface area contributed by atoms with Crippen LogP contribution in [0.4, 0.5) is 5.69 Å². The highest BCUT2D eigenvalue weighted by Crippen LogP contribution is 2.29. The Hall–Kier alpha value is -3.27. The number of ether oxygens (including phenoxy) is 1. The van der Waals surface area contributed by atoms with Crippen LogP contribution in [0.25, 0.3) is 0 Å². The van der Waals surface area contributed by atoms with Crippen LogP contribution in [0.2, 0.25) is 10.0 Å². The number of halogens is 2. The molecule has 1 N–H and O–H groups in total. The second-order valence-electron chi connectivity index (χ2n) is 7.72. The van der Waals surface area contributed by atoms with E-state index in [0.717, 1.165) is 5.69 Å². The minimum Gasteiger partial charge on any atom is -0.497 e. The first kappa shape index (κ1) is 24.8. The summed E-state index contributed by atoms with van der Waals surface area (Å²) in [6.07, 6.45) is 0. The van der Waals surface area contributed by atoms with Crippen LogP contribution < -0.4 is 10.1 Å². The quantitative estimate of drug-likeness (QED) is 0.334. The van der Waals surface area contributed by atoms with Crippen molar-refractivity contribution in [2.45, 2.75) is 30.2 Å². The number of amides is 1. The van der Waals surface area contributed by atoms with Gasteiger partial charge in [-0.2, -0.15) is 5.10 Å². The van der Waals surface area contributed by atoms with Crippen molar-refractivity contribution in [2.24, 2.45) is 0 Å². The molecule has 11 heteroatoms.